The summed E-state index contributed by atoms with van der Waals surface area (Å²) in [5, 5.41) is 7.89. The summed E-state index contributed by atoms with van der Waals surface area (Å²) in [5.41, 5.74) is 0. The molecule has 3 nitrogen and oxygen atoms in total. The van der Waals surface area contributed by atoms with Gasteiger partial charge in [-0.1, -0.05) is 0 Å². The summed E-state index contributed by atoms with van der Waals surface area (Å²) in [5.74, 6) is 0. The Morgan fingerprint density at radius 2 is 1.60 bits per heavy atom. The molecule has 0 heterocycles. The predicted octanol–water partition coefficient (Wildman–Crippen LogP) is -0.509. The first-order valence-corrected chi connectivity index (χ1v) is 0.383. The summed E-state index contributed by atoms with van der Waals surface area (Å²) >= 11 is 0. The van der Waals surface area contributed by atoms with Gasteiger partial charge in [0, 0.05) is 20.4 Å². The maximum Gasteiger partial charge on any atom is 0 e. The molecule has 0 aromatic rings. The van der Waals surface area contributed by atoms with E-state index in [9.17, 15) is 0 Å². The van der Waals surface area contributed by atoms with Gasteiger partial charge in [-0.05, 0) is 0 Å². The minimum absolute atomic E-state index is 0. The van der Waals surface area contributed by atoms with Crippen molar-refractivity contribution in [3.05, 3.63) is 4.91 Å². The SMILES string of the molecule is O=NO.[KH].[Pd]. The van der Waals surface area contributed by atoms with Gasteiger partial charge in [-0.2, -0.15) is 0 Å². The topological polar surface area (TPSA) is 49.7 Å². The third-order valence-corrected chi connectivity index (χ3v) is 0. The molecule has 0 aliphatic heterocycles. The zero-order chi connectivity index (χ0) is 2.71. The van der Waals surface area contributed by atoms with Gasteiger partial charge < -0.3 is 5.21 Å². The van der Waals surface area contributed by atoms with Gasteiger partial charge in [0.25, 0.3) is 0 Å². The molecule has 0 saturated heterocycles. The summed E-state index contributed by atoms with van der Waals surface area (Å²) in [7, 11) is 0. The molecule has 0 spiro atoms. The minimum atomic E-state index is 0. The van der Waals surface area contributed by atoms with Crippen molar-refractivity contribution in [2.75, 3.05) is 0 Å². The van der Waals surface area contributed by atoms with E-state index in [2.05, 4.69) is 0 Å². The van der Waals surface area contributed by atoms with Crippen molar-refractivity contribution in [2.24, 2.45) is 5.34 Å². The smallest absolute Gasteiger partial charge is 0 e. The Morgan fingerprint density at radius 3 is 1.60 bits per heavy atom. The number of rotatable bonds is 0. The van der Waals surface area contributed by atoms with Crippen LogP contribution in [0.15, 0.2) is 5.34 Å². The number of nitrogens with zero attached hydrogens (tertiary/aromatic N) is 1. The van der Waals surface area contributed by atoms with Crippen LogP contribution in [-0.2, 0) is 20.4 Å². The zero-order valence-electron chi connectivity index (χ0n) is 1.62. The van der Waals surface area contributed by atoms with Gasteiger partial charge in [-0.15, -0.1) is 4.91 Å². The molecule has 0 aromatic carbocycles. The van der Waals surface area contributed by atoms with Gasteiger partial charge in [0.1, 0.15) is 0 Å². The molecule has 30 valence electrons. The fourth-order valence-electron chi connectivity index (χ4n) is 0. The second-order valence-electron chi connectivity index (χ2n) is 0.0816. The second kappa shape index (κ2) is 17.3. The third kappa shape index (κ3) is 27.0. The van der Waals surface area contributed by atoms with Crippen molar-refractivity contribution in [3.8, 4) is 0 Å². The van der Waals surface area contributed by atoms with Crippen molar-refractivity contribution < 1.29 is 25.6 Å². The van der Waals surface area contributed by atoms with Crippen LogP contribution in [0.2, 0.25) is 0 Å². The average Bonchev–Trinajstić information content (AvgIpc) is 0.918. The van der Waals surface area contributed by atoms with Gasteiger partial charge in [-0.3, -0.25) is 0 Å². The van der Waals surface area contributed by atoms with Crippen LogP contribution in [0.3, 0.4) is 0 Å². The van der Waals surface area contributed by atoms with E-state index in [4.69, 9.17) is 10.1 Å². The molecule has 0 aromatic heterocycles. The van der Waals surface area contributed by atoms with E-state index in [1.54, 1.807) is 0 Å². The Balaban J connectivity index is -0.0000000200. The summed E-state index contributed by atoms with van der Waals surface area (Å²) in [6, 6.07) is 0. The Morgan fingerprint density at radius 1 is 1.60 bits per heavy atom. The van der Waals surface area contributed by atoms with Crippen LogP contribution in [0.1, 0.15) is 0 Å². The van der Waals surface area contributed by atoms with Crippen molar-refractivity contribution in [3.63, 3.8) is 0 Å². The van der Waals surface area contributed by atoms with Crippen LogP contribution < -0.4 is 0 Å². The van der Waals surface area contributed by atoms with Crippen molar-refractivity contribution >= 4 is 51.4 Å². The first-order chi connectivity index (χ1) is 1.41. The molecular weight excluding hydrogens is 192 g/mol. The summed E-state index contributed by atoms with van der Waals surface area (Å²) in [4.78, 5) is 8.11. The van der Waals surface area contributed by atoms with Gasteiger partial charge in [0.05, 0.1) is 0 Å². The molecule has 0 bridgehead atoms. The monoisotopic (exact) mass is 193 g/mol. The van der Waals surface area contributed by atoms with Crippen LogP contribution in [0.5, 0.6) is 0 Å². The Kier molecular flexibility index (Phi) is 54.9. The molecule has 0 atom stereocenters. The molecular formula is H2KNO2Pd. The number of hydrogen-bond acceptors (Lipinski definition) is 2. The van der Waals surface area contributed by atoms with E-state index >= 15 is 0 Å². The van der Waals surface area contributed by atoms with Crippen molar-refractivity contribution in [1.82, 2.24) is 0 Å². The number of hydrogen-bond donors (Lipinski definition) is 1. The van der Waals surface area contributed by atoms with E-state index in [0.717, 1.165) is 0 Å². The fourth-order valence-corrected chi connectivity index (χ4v) is 0. The molecule has 0 radical (unpaired) electrons. The van der Waals surface area contributed by atoms with E-state index in [-0.39, 0.29) is 71.8 Å². The first kappa shape index (κ1) is 15.9. The third-order valence-electron chi connectivity index (χ3n) is 0. The second-order valence-corrected chi connectivity index (χ2v) is 0.0816. The molecule has 0 aliphatic carbocycles. The van der Waals surface area contributed by atoms with Gasteiger partial charge in [0.2, 0.25) is 0 Å². The van der Waals surface area contributed by atoms with Crippen LogP contribution in [0.4, 0.5) is 0 Å². The minimum Gasteiger partial charge on any atom is 0 e. The maximum absolute atomic E-state index is 8.11. The standard InChI is InChI=1S/K.HNO2.Pd.H/c;2-1-3;;/h;(H,2,3);;. The van der Waals surface area contributed by atoms with E-state index in [1.165, 1.54) is 5.34 Å². The van der Waals surface area contributed by atoms with Crippen molar-refractivity contribution in [1.29, 1.82) is 0 Å². The quantitative estimate of drug-likeness (QED) is 0.320. The van der Waals surface area contributed by atoms with E-state index in [0.29, 0.717) is 0 Å². The molecule has 0 unspecified atom stereocenters. The first-order valence-electron chi connectivity index (χ1n) is 0.383. The molecule has 5 heteroatoms. The van der Waals surface area contributed by atoms with Crippen LogP contribution in [0.25, 0.3) is 0 Å². The molecule has 1 N–H and O–H groups in total. The predicted molar refractivity (Wildman–Crippen MR) is 14.7 cm³/mol. The molecule has 0 aliphatic rings. The van der Waals surface area contributed by atoms with Crippen molar-refractivity contribution in [2.45, 2.75) is 0 Å². The Hall–Kier alpha value is 1.70. The van der Waals surface area contributed by atoms with Crippen LogP contribution >= 0.6 is 0 Å². The zero-order valence-corrected chi connectivity index (χ0v) is 3.17. The van der Waals surface area contributed by atoms with Crippen LogP contribution in [0, 0.1) is 4.91 Å². The molecule has 0 saturated carbocycles. The maximum atomic E-state index is 8.11. The van der Waals surface area contributed by atoms with Gasteiger partial charge >= 0.3 is 51.4 Å². The summed E-state index contributed by atoms with van der Waals surface area (Å²) in [6.07, 6.45) is 0. The van der Waals surface area contributed by atoms with Crippen LogP contribution in [-0.4, -0.2) is 56.6 Å². The molecule has 0 rings (SSSR count). The molecule has 5 heavy (non-hydrogen) atoms. The van der Waals surface area contributed by atoms with E-state index in [1.807, 2.05) is 0 Å². The molecule has 0 fully saturated rings. The largest absolute Gasteiger partial charge is 0 e. The average molecular weight is 194 g/mol. The normalized spacial score (nSPS) is 2.40. The van der Waals surface area contributed by atoms with Gasteiger partial charge in [-0.25, -0.2) is 0 Å². The summed E-state index contributed by atoms with van der Waals surface area (Å²) in [6.45, 7) is 0. The summed E-state index contributed by atoms with van der Waals surface area (Å²) < 4.78 is 0. The fraction of sp³-hybridized carbons (Fsp3) is 0. The van der Waals surface area contributed by atoms with E-state index < -0.39 is 0 Å². The van der Waals surface area contributed by atoms with Gasteiger partial charge in [0.15, 0.2) is 5.34 Å². The Bertz CT molecular complexity index is 17.1. The Labute approximate surface area is 85.5 Å². The molecule has 0 amide bonds.